The zero-order chi connectivity index (χ0) is 19.4. The Hall–Kier alpha value is -2.34. The predicted octanol–water partition coefficient (Wildman–Crippen LogP) is 3.65. The quantitative estimate of drug-likeness (QED) is 0.842. The van der Waals surface area contributed by atoms with E-state index in [1.54, 1.807) is 20.2 Å². The lowest BCUT2D eigenvalue weighted by Gasteiger charge is -2.36. The highest BCUT2D eigenvalue weighted by atomic mass is 16.5. The maximum Gasteiger partial charge on any atom is 0.217 e. The number of amides is 1. The van der Waals surface area contributed by atoms with E-state index in [2.05, 4.69) is 24.1 Å². The van der Waals surface area contributed by atoms with Crippen LogP contribution in [0.2, 0.25) is 0 Å². The van der Waals surface area contributed by atoms with Crippen LogP contribution in [0.25, 0.3) is 5.69 Å². The van der Waals surface area contributed by atoms with E-state index < -0.39 is 0 Å². The van der Waals surface area contributed by atoms with Crippen molar-refractivity contribution in [2.45, 2.75) is 58.3 Å². The number of nitrogens with zero attached hydrogens (tertiary/aromatic N) is 2. The summed E-state index contributed by atoms with van der Waals surface area (Å²) in [4.78, 5) is 16.2. The van der Waals surface area contributed by atoms with Gasteiger partial charge in [0.1, 0.15) is 17.7 Å². The van der Waals surface area contributed by atoms with Gasteiger partial charge in [0.15, 0.2) is 0 Å². The number of benzene rings is 1. The van der Waals surface area contributed by atoms with Crippen molar-refractivity contribution in [2.24, 2.45) is 5.92 Å². The summed E-state index contributed by atoms with van der Waals surface area (Å²) in [5, 5.41) is 3.08. The standard InChI is InChI=1S/C21H29N3O3/c1-14(2)11-19-12-16(23-15(3)25)13-20(27-19)21-22-9-10-24(21)17-5-7-18(26-4)8-6-17/h5-10,14,16,19-20H,11-13H2,1-4H3,(H,23,25)/t16-,19+,20+/m1/s1. The van der Waals surface area contributed by atoms with E-state index in [0.717, 1.165) is 36.5 Å². The molecule has 6 heteroatoms. The van der Waals surface area contributed by atoms with Gasteiger partial charge in [0.05, 0.1) is 13.2 Å². The Labute approximate surface area is 160 Å². The third-order valence-corrected chi connectivity index (χ3v) is 4.85. The van der Waals surface area contributed by atoms with Crippen LogP contribution in [0.3, 0.4) is 0 Å². The molecule has 1 aliphatic rings. The predicted molar refractivity (Wildman–Crippen MR) is 104 cm³/mol. The summed E-state index contributed by atoms with van der Waals surface area (Å²) in [6.45, 7) is 5.96. The van der Waals surface area contributed by atoms with Crippen molar-refractivity contribution in [2.75, 3.05) is 7.11 Å². The van der Waals surface area contributed by atoms with Crippen LogP contribution in [0.4, 0.5) is 0 Å². The lowest BCUT2D eigenvalue weighted by Crippen LogP contribution is -2.43. The van der Waals surface area contributed by atoms with Gasteiger partial charge in [-0.15, -0.1) is 0 Å². The number of hydrogen-bond acceptors (Lipinski definition) is 4. The van der Waals surface area contributed by atoms with Crippen LogP contribution in [0, 0.1) is 5.92 Å². The maximum absolute atomic E-state index is 11.6. The SMILES string of the molecule is COc1ccc(-n2ccnc2[C@@H]2C[C@H](NC(C)=O)C[C@H](CC(C)C)O2)cc1. The third-order valence-electron chi connectivity index (χ3n) is 4.85. The molecule has 0 aliphatic carbocycles. The van der Waals surface area contributed by atoms with E-state index in [4.69, 9.17) is 9.47 Å². The first kappa shape index (κ1) is 19.4. The molecule has 146 valence electrons. The molecule has 0 spiro atoms. The van der Waals surface area contributed by atoms with Gasteiger partial charge in [0, 0.05) is 37.5 Å². The first-order valence-corrected chi connectivity index (χ1v) is 9.56. The molecule has 2 aromatic rings. The summed E-state index contributed by atoms with van der Waals surface area (Å²) >= 11 is 0. The molecule has 1 aliphatic heterocycles. The largest absolute Gasteiger partial charge is 0.497 e. The van der Waals surface area contributed by atoms with Gasteiger partial charge in [0.2, 0.25) is 5.91 Å². The Kier molecular flexibility index (Phi) is 6.16. The van der Waals surface area contributed by atoms with Gasteiger partial charge in [-0.2, -0.15) is 0 Å². The number of nitrogens with one attached hydrogen (secondary N) is 1. The van der Waals surface area contributed by atoms with Gasteiger partial charge in [-0.1, -0.05) is 13.8 Å². The summed E-state index contributed by atoms with van der Waals surface area (Å²) in [6.07, 6.45) is 6.23. The number of rotatable bonds is 6. The molecule has 27 heavy (non-hydrogen) atoms. The second-order valence-electron chi connectivity index (χ2n) is 7.60. The Morgan fingerprint density at radius 3 is 2.70 bits per heavy atom. The molecule has 3 rings (SSSR count). The Balaban J connectivity index is 1.85. The van der Waals surface area contributed by atoms with E-state index in [1.807, 2.05) is 35.0 Å². The van der Waals surface area contributed by atoms with Gasteiger partial charge in [-0.3, -0.25) is 4.79 Å². The third kappa shape index (κ3) is 4.89. The fraction of sp³-hybridized carbons (Fsp3) is 0.524. The molecule has 0 bridgehead atoms. The molecule has 6 nitrogen and oxygen atoms in total. The van der Waals surface area contributed by atoms with Gasteiger partial charge in [-0.25, -0.2) is 4.98 Å². The molecule has 1 aromatic carbocycles. The van der Waals surface area contributed by atoms with E-state index in [0.29, 0.717) is 5.92 Å². The van der Waals surface area contributed by atoms with Crippen molar-refractivity contribution < 1.29 is 14.3 Å². The fourth-order valence-electron chi connectivity index (χ4n) is 3.78. The number of hydrogen-bond donors (Lipinski definition) is 1. The van der Waals surface area contributed by atoms with Crippen LogP contribution in [-0.2, 0) is 9.53 Å². The summed E-state index contributed by atoms with van der Waals surface area (Å²) in [6, 6.07) is 7.98. The highest BCUT2D eigenvalue weighted by Gasteiger charge is 2.33. The van der Waals surface area contributed by atoms with Crippen LogP contribution in [0.5, 0.6) is 5.75 Å². The van der Waals surface area contributed by atoms with Crippen molar-refractivity contribution in [3.8, 4) is 11.4 Å². The molecule has 2 heterocycles. The molecule has 1 N–H and O–H groups in total. The van der Waals surface area contributed by atoms with Gasteiger partial charge >= 0.3 is 0 Å². The summed E-state index contributed by atoms with van der Waals surface area (Å²) in [5.74, 6) is 2.22. The number of carbonyl (C=O) groups is 1. The molecular formula is C21H29N3O3. The van der Waals surface area contributed by atoms with E-state index in [1.165, 1.54) is 0 Å². The Morgan fingerprint density at radius 1 is 1.33 bits per heavy atom. The minimum absolute atomic E-state index is 0.00226. The van der Waals surface area contributed by atoms with Crippen LogP contribution < -0.4 is 10.1 Å². The molecule has 1 saturated heterocycles. The van der Waals surface area contributed by atoms with Crippen molar-refractivity contribution in [3.63, 3.8) is 0 Å². The maximum atomic E-state index is 11.6. The Bertz CT molecular complexity index is 754. The first-order chi connectivity index (χ1) is 13.0. The molecule has 3 atom stereocenters. The second-order valence-corrected chi connectivity index (χ2v) is 7.60. The topological polar surface area (TPSA) is 65.4 Å². The number of imidazole rings is 1. The van der Waals surface area contributed by atoms with E-state index >= 15 is 0 Å². The average Bonchev–Trinajstić information content (AvgIpc) is 3.10. The first-order valence-electron chi connectivity index (χ1n) is 9.56. The molecule has 0 saturated carbocycles. The molecule has 1 aromatic heterocycles. The van der Waals surface area contributed by atoms with Gasteiger partial charge in [-0.05, 0) is 43.0 Å². The molecule has 1 amide bonds. The fourth-order valence-corrected chi connectivity index (χ4v) is 3.78. The summed E-state index contributed by atoms with van der Waals surface area (Å²) in [5.41, 5.74) is 1.01. The van der Waals surface area contributed by atoms with E-state index in [-0.39, 0.29) is 24.2 Å². The number of methoxy groups -OCH3 is 1. The highest BCUT2D eigenvalue weighted by Crippen LogP contribution is 2.34. The van der Waals surface area contributed by atoms with Crippen LogP contribution in [-0.4, -0.2) is 34.7 Å². The van der Waals surface area contributed by atoms with Gasteiger partial charge < -0.3 is 19.4 Å². The highest BCUT2D eigenvalue weighted by molar-refractivity contribution is 5.73. The summed E-state index contributed by atoms with van der Waals surface area (Å²) in [7, 11) is 1.66. The number of carbonyl (C=O) groups excluding carboxylic acids is 1. The minimum Gasteiger partial charge on any atom is -0.497 e. The number of ether oxygens (including phenoxy) is 2. The zero-order valence-electron chi connectivity index (χ0n) is 16.5. The lowest BCUT2D eigenvalue weighted by molar-refractivity contribution is -0.122. The van der Waals surface area contributed by atoms with E-state index in [9.17, 15) is 4.79 Å². The monoisotopic (exact) mass is 371 g/mol. The zero-order valence-corrected chi connectivity index (χ0v) is 16.5. The Morgan fingerprint density at radius 2 is 2.07 bits per heavy atom. The lowest BCUT2D eigenvalue weighted by atomic mass is 9.93. The minimum atomic E-state index is -0.156. The smallest absolute Gasteiger partial charge is 0.217 e. The van der Waals surface area contributed by atoms with Crippen LogP contribution in [0.1, 0.15) is 52.0 Å². The average molecular weight is 371 g/mol. The van der Waals surface area contributed by atoms with Crippen molar-refractivity contribution >= 4 is 5.91 Å². The molecular weight excluding hydrogens is 342 g/mol. The van der Waals surface area contributed by atoms with Crippen LogP contribution >= 0.6 is 0 Å². The normalized spacial score (nSPS) is 22.6. The molecule has 0 unspecified atom stereocenters. The number of aromatic nitrogens is 2. The van der Waals surface area contributed by atoms with Crippen molar-refractivity contribution in [1.29, 1.82) is 0 Å². The van der Waals surface area contributed by atoms with Crippen molar-refractivity contribution in [1.82, 2.24) is 14.9 Å². The van der Waals surface area contributed by atoms with Crippen molar-refractivity contribution in [3.05, 3.63) is 42.5 Å². The van der Waals surface area contributed by atoms with Crippen LogP contribution in [0.15, 0.2) is 36.7 Å². The molecule has 0 radical (unpaired) electrons. The van der Waals surface area contributed by atoms with Gasteiger partial charge in [0.25, 0.3) is 0 Å². The second kappa shape index (κ2) is 8.57. The summed E-state index contributed by atoms with van der Waals surface area (Å²) < 4.78 is 13.7. The molecule has 1 fully saturated rings.